The zero-order valence-corrected chi connectivity index (χ0v) is 15.8. The third kappa shape index (κ3) is 3.38. The number of carbonyl (C=O) groups excluding carboxylic acids is 1. The molecule has 0 saturated heterocycles. The van der Waals surface area contributed by atoms with E-state index >= 15 is 0 Å². The lowest BCUT2D eigenvalue weighted by atomic mass is 10.0. The zero-order chi connectivity index (χ0) is 19.7. The zero-order valence-electron chi connectivity index (χ0n) is 15.8. The summed E-state index contributed by atoms with van der Waals surface area (Å²) in [4.78, 5) is 38.2. The largest absolute Gasteiger partial charge is 0.347 e. The van der Waals surface area contributed by atoms with Crippen LogP contribution in [-0.4, -0.2) is 15.0 Å². The van der Waals surface area contributed by atoms with Crippen LogP contribution in [-0.2, 0) is 17.9 Å². The van der Waals surface area contributed by atoms with E-state index in [1.165, 1.54) is 9.13 Å². The van der Waals surface area contributed by atoms with Gasteiger partial charge < -0.3 is 5.32 Å². The number of carbonyl (C=O) groups is 1. The van der Waals surface area contributed by atoms with Crippen molar-refractivity contribution in [3.8, 4) is 0 Å². The summed E-state index contributed by atoms with van der Waals surface area (Å²) >= 11 is 0. The van der Waals surface area contributed by atoms with E-state index in [-0.39, 0.29) is 30.6 Å². The second-order valence-corrected chi connectivity index (χ2v) is 7.23. The Morgan fingerprint density at radius 3 is 2.39 bits per heavy atom. The lowest BCUT2D eigenvalue weighted by Gasteiger charge is -2.20. The molecule has 1 aromatic heterocycles. The minimum Gasteiger partial charge on any atom is -0.347 e. The number of nitrogens with zero attached hydrogens (tertiary/aromatic N) is 2. The molecule has 1 aliphatic carbocycles. The van der Waals surface area contributed by atoms with Gasteiger partial charge in [-0.15, -0.1) is 0 Å². The number of rotatable bonds is 6. The smallest absolute Gasteiger partial charge is 0.331 e. The average molecular weight is 377 g/mol. The molecule has 1 fully saturated rings. The van der Waals surface area contributed by atoms with Crippen LogP contribution < -0.4 is 16.6 Å². The minimum absolute atomic E-state index is 0.0484. The highest BCUT2D eigenvalue weighted by atomic mass is 16.2. The van der Waals surface area contributed by atoms with Crippen molar-refractivity contribution in [2.24, 2.45) is 5.92 Å². The number of amides is 1. The maximum Gasteiger partial charge on any atom is 0.331 e. The molecule has 6 nitrogen and oxygen atoms in total. The highest BCUT2D eigenvalue weighted by Gasteiger charge is 2.33. The van der Waals surface area contributed by atoms with E-state index in [1.807, 2.05) is 30.3 Å². The molecule has 0 spiro atoms. The molecule has 1 heterocycles. The van der Waals surface area contributed by atoms with Crippen molar-refractivity contribution in [1.29, 1.82) is 0 Å². The number of hydrogen-bond donors (Lipinski definition) is 1. The van der Waals surface area contributed by atoms with Crippen LogP contribution in [0.2, 0.25) is 0 Å². The summed E-state index contributed by atoms with van der Waals surface area (Å²) in [6.45, 7) is 1.90. The summed E-state index contributed by atoms with van der Waals surface area (Å²) in [7, 11) is 0. The molecule has 6 heteroatoms. The maximum absolute atomic E-state index is 12.9. The Bertz CT molecular complexity index is 1130. The Morgan fingerprint density at radius 2 is 1.71 bits per heavy atom. The van der Waals surface area contributed by atoms with Crippen LogP contribution in [0, 0.1) is 5.92 Å². The van der Waals surface area contributed by atoms with Gasteiger partial charge in [0.25, 0.3) is 5.56 Å². The van der Waals surface area contributed by atoms with E-state index in [0.717, 1.165) is 18.4 Å². The molecule has 3 aromatic rings. The Hall–Kier alpha value is -3.15. The van der Waals surface area contributed by atoms with E-state index in [4.69, 9.17) is 0 Å². The van der Waals surface area contributed by atoms with Crippen molar-refractivity contribution in [3.05, 3.63) is 81.0 Å². The van der Waals surface area contributed by atoms with Crippen molar-refractivity contribution in [2.45, 2.75) is 38.9 Å². The molecule has 2 aromatic carbocycles. The molecule has 1 saturated carbocycles. The van der Waals surface area contributed by atoms with E-state index in [2.05, 4.69) is 5.32 Å². The summed E-state index contributed by atoms with van der Waals surface area (Å²) in [5.74, 6) is 0.207. The summed E-state index contributed by atoms with van der Waals surface area (Å²) < 4.78 is 2.57. The number of para-hydroxylation sites is 1. The van der Waals surface area contributed by atoms with Gasteiger partial charge in [0.2, 0.25) is 5.91 Å². The predicted octanol–water partition coefficient (Wildman–Crippen LogP) is 2.45. The summed E-state index contributed by atoms with van der Waals surface area (Å²) in [6.07, 6.45) is 2.17. The van der Waals surface area contributed by atoms with Gasteiger partial charge in [-0.3, -0.25) is 18.7 Å². The lowest BCUT2D eigenvalue weighted by Crippen LogP contribution is -2.43. The van der Waals surface area contributed by atoms with Crippen molar-refractivity contribution in [2.75, 3.05) is 0 Å². The fraction of sp³-hybridized carbons (Fsp3) is 0.318. The van der Waals surface area contributed by atoms with Gasteiger partial charge in [0.15, 0.2) is 0 Å². The second-order valence-electron chi connectivity index (χ2n) is 7.23. The molecule has 1 atom stereocenters. The van der Waals surface area contributed by atoms with Crippen LogP contribution in [0.1, 0.15) is 31.4 Å². The molecule has 28 heavy (non-hydrogen) atoms. The first-order chi connectivity index (χ1) is 13.6. The van der Waals surface area contributed by atoms with Gasteiger partial charge in [-0.05, 0) is 43.4 Å². The molecule has 1 amide bonds. The molecule has 1 aliphatic rings. The van der Waals surface area contributed by atoms with E-state index in [9.17, 15) is 14.4 Å². The Balaban J connectivity index is 1.67. The number of fused-ring (bicyclic) bond motifs is 1. The van der Waals surface area contributed by atoms with Crippen LogP contribution >= 0.6 is 0 Å². The van der Waals surface area contributed by atoms with Crippen molar-refractivity contribution in [1.82, 2.24) is 14.5 Å². The predicted molar refractivity (Wildman–Crippen MR) is 108 cm³/mol. The molecule has 144 valence electrons. The SMILES string of the molecule is CCn1c(=O)c2ccccc2n(CC(=O)N[C@H](c2ccccc2)C2CC2)c1=O. The number of nitrogens with one attached hydrogen (secondary N) is 1. The monoisotopic (exact) mass is 377 g/mol. The first-order valence-electron chi connectivity index (χ1n) is 9.67. The van der Waals surface area contributed by atoms with Crippen LogP contribution in [0.15, 0.2) is 64.2 Å². The molecule has 0 bridgehead atoms. The van der Waals surface area contributed by atoms with Crippen molar-refractivity contribution in [3.63, 3.8) is 0 Å². The second kappa shape index (κ2) is 7.46. The Morgan fingerprint density at radius 1 is 1.04 bits per heavy atom. The molecular formula is C22H23N3O3. The van der Waals surface area contributed by atoms with E-state index in [1.54, 1.807) is 31.2 Å². The number of hydrogen-bond acceptors (Lipinski definition) is 3. The normalized spacial score (nSPS) is 14.8. The highest BCUT2D eigenvalue weighted by molar-refractivity contribution is 5.81. The summed E-state index contributed by atoms with van der Waals surface area (Å²) in [5, 5.41) is 3.54. The van der Waals surface area contributed by atoms with Gasteiger partial charge in [0, 0.05) is 6.54 Å². The van der Waals surface area contributed by atoms with Crippen molar-refractivity contribution < 1.29 is 4.79 Å². The molecule has 0 unspecified atom stereocenters. The third-order valence-corrected chi connectivity index (χ3v) is 5.32. The first kappa shape index (κ1) is 18.2. The van der Waals surface area contributed by atoms with Crippen LogP contribution in [0.4, 0.5) is 0 Å². The molecule has 4 rings (SSSR count). The average Bonchev–Trinajstić information content (AvgIpc) is 3.56. The van der Waals surface area contributed by atoms with Crippen LogP contribution in [0.3, 0.4) is 0 Å². The molecule has 0 aliphatic heterocycles. The van der Waals surface area contributed by atoms with Gasteiger partial charge in [-0.1, -0.05) is 42.5 Å². The van der Waals surface area contributed by atoms with Gasteiger partial charge in [-0.2, -0.15) is 0 Å². The van der Waals surface area contributed by atoms with Gasteiger partial charge in [0.1, 0.15) is 6.54 Å². The third-order valence-electron chi connectivity index (χ3n) is 5.32. The number of benzene rings is 2. The standard InChI is InChI=1S/C22H23N3O3/c1-2-24-21(27)17-10-6-7-11-18(17)25(22(24)28)14-19(26)23-20(16-12-13-16)15-8-4-3-5-9-15/h3-11,16,20H,2,12-14H2,1H3,(H,23,26)/t20-/m1/s1. The summed E-state index contributed by atoms with van der Waals surface area (Å²) in [5.41, 5.74) is 0.790. The quantitative estimate of drug-likeness (QED) is 0.717. The van der Waals surface area contributed by atoms with Crippen LogP contribution in [0.25, 0.3) is 10.9 Å². The maximum atomic E-state index is 12.9. The fourth-order valence-corrected chi connectivity index (χ4v) is 3.73. The van der Waals surface area contributed by atoms with E-state index in [0.29, 0.717) is 16.8 Å². The Kier molecular flexibility index (Phi) is 4.86. The molecule has 1 N–H and O–H groups in total. The van der Waals surface area contributed by atoms with Gasteiger partial charge >= 0.3 is 5.69 Å². The fourth-order valence-electron chi connectivity index (χ4n) is 3.73. The highest BCUT2D eigenvalue weighted by Crippen LogP contribution is 2.40. The molecule has 0 radical (unpaired) electrons. The lowest BCUT2D eigenvalue weighted by molar-refractivity contribution is -0.122. The minimum atomic E-state index is -0.455. The topological polar surface area (TPSA) is 73.1 Å². The van der Waals surface area contributed by atoms with E-state index < -0.39 is 5.69 Å². The van der Waals surface area contributed by atoms with Gasteiger partial charge in [0.05, 0.1) is 16.9 Å². The Labute approximate surface area is 162 Å². The molecular weight excluding hydrogens is 354 g/mol. The van der Waals surface area contributed by atoms with Gasteiger partial charge in [-0.25, -0.2) is 4.79 Å². The van der Waals surface area contributed by atoms with Crippen LogP contribution in [0.5, 0.6) is 0 Å². The summed E-state index contributed by atoms with van der Waals surface area (Å²) in [6, 6.07) is 16.8. The van der Waals surface area contributed by atoms with Crippen molar-refractivity contribution >= 4 is 16.8 Å². The number of aromatic nitrogens is 2. The first-order valence-corrected chi connectivity index (χ1v) is 9.67.